The summed E-state index contributed by atoms with van der Waals surface area (Å²) in [5.74, 6) is -0.196. The third kappa shape index (κ3) is 2.89. The van der Waals surface area contributed by atoms with Gasteiger partial charge in [0, 0.05) is 19.1 Å². The molecule has 1 aromatic heterocycles. The van der Waals surface area contributed by atoms with E-state index >= 15 is 0 Å². The molecule has 3 amide bonds. The van der Waals surface area contributed by atoms with Crippen molar-refractivity contribution >= 4 is 23.7 Å². The van der Waals surface area contributed by atoms with Crippen LogP contribution in [0.4, 0.5) is 4.79 Å². The van der Waals surface area contributed by atoms with Crippen LogP contribution in [0.25, 0.3) is 0 Å². The van der Waals surface area contributed by atoms with E-state index in [1.807, 2.05) is 18.4 Å². The van der Waals surface area contributed by atoms with Crippen molar-refractivity contribution in [3.8, 4) is 0 Å². The fraction of sp³-hybridized carbons (Fsp3) is 0.636. The fourth-order valence-corrected chi connectivity index (χ4v) is 2.80. The maximum atomic E-state index is 12.1. The van der Waals surface area contributed by atoms with Crippen molar-refractivity contribution < 1.29 is 9.59 Å². The third-order valence-corrected chi connectivity index (χ3v) is 3.91. The summed E-state index contributed by atoms with van der Waals surface area (Å²) in [5.41, 5.74) is 0. The van der Waals surface area contributed by atoms with Crippen molar-refractivity contribution in [2.45, 2.75) is 37.2 Å². The zero-order valence-corrected chi connectivity index (χ0v) is 12.0. The van der Waals surface area contributed by atoms with Gasteiger partial charge in [-0.1, -0.05) is 11.8 Å². The minimum absolute atomic E-state index is 0.196. The topological polar surface area (TPSA) is 80.1 Å². The molecule has 0 radical (unpaired) electrons. The number of imide groups is 1. The molecule has 1 aliphatic heterocycles. The number of carbonyl (C=O) groups is 2. The van der Waals surface area contributed by atoms with E-state index in [-0.39, 0.29) is 23.2 Å². The van der Waals surface area contributed by atoms with Crippen molar-refractivity contribution in [2.75, 3.05) is 13.1 Å². The molecule has 0 aliphatic carbocycles. The summed E-state index contributed by atoms with van der Waals surface area (Å²) in [5, 5.41) is 10.8. The highest BCUT2D eigenvalue weighted by atomic mass is 32.2. The second-order valence-corrected chi connectivity index (χ2v) is 5.90. The maximum Gasteiger partial charge on any atom is 0.324 e. The van der Waals surface area contributed by atoms with Gasteiger partial charge < -0.3 is 9.88 Å². The number of amides is 3. The summed E-state index contributed by atoms with van der Waals surface area (Å²) in [6, 6.07) is -0.0855. The molecule has 8 heteroatoms. The highest BCUT2D eigenvalue weighted by Gasteiger charge is 2.31. The zero-order valence-electron chi connectivity index (χ0n) is 11.2. The largest absolute Gasteiger partial charge is 0.336 e. The van der Waals surface area contributed by atoms with Crippen molar-refractivity contribution in [1.29, 1.82) is 0 Å². The van der Waals surface area contributed by atoms with Gasteiger partial charge in [-0.15, -0.1) is 10.2 Å². The Balaban J connectivity index is 2.04. The number of rotatable bonds is 4. The Hall–Kier alpha value is -1.57. The van der Waals surface area contributed by atoms with Crippen LogP contribution in [-0.2, 0) is 4.79 Å². The Morgan fingerprint density at radius 1 is 1.47 bits per heavy atom. The molecule has 0 unspecified atom stereocenters. The monoisotopic (exact) mass is 283 g/mol. The van der Waals surface area contributed by atoms with Gasteiger partial charge in [-0.05, 0) is 20.8 Å². The quantitative estimate of drug-likeness (QED) is 0.830. The predicted octanol–water partition coefficient (Wildman–Crippen LogP) is 0.891. The number of nitrogens with zero attached hydrogens (tertiary/aromatic N) is 4. The molecule has 2 heterocycles. The standard InChI is InChI=1S/C11H17N5O2S/c1-7(2)16-6-13-14-11(16)19-8(3)9(17)15-5-4-12-10(15)18/h6-8H,4-5H2,1-3H3,(H,12,18)/t8-/m0/s1. The first-order valence-electron chi connectivity index (χ1n) is 6.16. The third-order valence-electron chi connectivity index (χ3n) is 2.85. The summed E-state index contributed by atoms with van der Waals surface area (Å²) < 4.78 is 1.90. The molecule has 0 spiro atoms. The Kier molecular flexibility index (Phi) is 4.08. The van der Waals surface area contributed by atoms with Crippen molar-refractivity contribution in [2.24, 2.45) is 0 Å². The average molecular weight is 283 g/mol. The van der Waals surface area contributed by atoms with Crippen LogP contribution in [0, 0.1) is 0 Å². The second kappa shape index (κ2) is 5.60. The lowest BCUT2D eigenvalue weighted by Crippen LogP contribution is -2.39. The van der Waals surface area contributed by atoms with E-state index in [1.165, 1.54) is 16.7 Å². The molecular weight excluding hydrogens is 266 g/mol. The number of hydrogen-bond acceptors (Lipinski definition) is 5. The van der Waals surface area contributed by atoms with Crippen LogP contribution in [0.1, 0.15) is 26.8 Å². The van der Waals surface area contributed by atoms with Gasteiger partial charge in [0.15, 0.2) is 5.16 Å². The number of urea groups is 1. The minimum atomic E-state index is -0.370. The first kappa shape index (κ1) is 13.9. The van der Waals surface area contributed by atoms with E-state index < -0.39 is 0 Å². The summed E-state index contributed by atoms with van der Waals surface area (Å²) in [6.45, 7) is 6.77. The molecule has 2 rings (SSSR count). The van der Waals surface area contributed by atoms with E-state index in [2.05, 4.69) is 15.5 Å². The Labute approximate surface area is 115 Å². The summed E-state index contributed by atoms with van der Waals surface area (Å²) in [7, 11) is 0. The molecule has 1 aromatic rings. The number of hydrogen-bond donors (Lipinski definition) is 1. The molecule has 1 atom stereocenters. The number of nitrogens with one attached hydrogen (secondary N) is 1. The Bertz CT molecular complexity index is 487. The van der Waals surface area contributed by atoms with Crippen LogP contribution in [-0.4, -0.2) is 49.9 Å². The van der Waals surface area contributed by atoms with E-state index in [0.29, 0.717) is 18.2 Å². The highest BCUT2D eigenvalue weighted by Crippen LogP contribution is 2.25. The van der Waals surface area contributed by atoms with E-state index in [1.54, 1.807) is 13.3 Å². The van der Waals surface area contributed by atoms with E-state index in [0.717, 1.165) is 0 Å². The zero-order chi connectivity index (χ0) is 14.0. The van der Waals surface area contributed by atoms with Crippen molar-refractivity contribution in [3.63, 3.8) is 0 Å². The van der Waals surface area contributed by atoms with Crippen LogP contribution in [0.15, 0.2) is 11.5 Å². The Morgan fingerprint density at radius 3 is 2.79 bits per heavy atom. The van der Waals surface area contributed by atoms with Crippen molar-refractivity contribution in [3.05, 3.63) is 6.33 Å². The first-order chi connectivity index (χ1) is 9.00. The average Bonchev–Trinajstić information content (AvgIpc) is 2.96. The lowest BCUT2D eigenvalue weighted by atomic mass is 10.4. The molecule has 104 valence electrons. The molecular formula is C11H17N5O2S. The van der Waals surface area contributed by atoms with Gasteiger partial charge in [0.1, 0.15) is 6.33 Å². The summed E-state index contributed by atoms with van der Waals surface area (Å²) >= 11 is 1.32. The van der Waals surface area contributed by atoms with Crippen LogP contribution >= 0.6 is 11.8 Å². The minimum Gasteiger partial charge on any atom is -0.336 e. The molecule has 1 saturated heterocycles. The SMILES string of the molecule is CC(C)n1cnnc1S[C@@H](C)C(=O)N1CCNC1=O. The summed E-state index contributed by atoms with van der Waals surface area (Å²) in [6.07, 6.45) is 1.65. The van der Waals surface area contributed by atoms with Gasteiger partial charge in [-0.2, -0.15) is 0 Å². The van der Waals surface area contributed by atoms with Crippen LogP contribution < -0.4 is 5.32 Å². The van der Waals surface area contributed by atoms with Crippen LogP contribution in [0.2, 0.25) is 0 Å². The lowest BCUT2D eigenvalue weighted by molar-refractivity contribution is -0.126. The van der Waals surface area contributed by atoms with Gasteiger partial charge in [-0.3, -0.25) is 9.69 Å². The lowest BCUT2D eigenvalue weighted by Gasteiger charge is -2.17. The van der Waals surface area contributed by atoms with Gasteiger partial charge in [0.2, 0.25) is 5.91 Å². The van der Waals surface area contributed by atoms with Crippen LogP contribution in [0.3, 0.4) is 0 Å². The Morgan fingerprint density at radius 2 is 2.21 bits per heavy atom. The molecule has 0 aromatic carbocycles. The number of carbonyl (C=O) groups excluding carboxylic acids is 2. The molecule has 7 nitrogen and oxygen atoms in total. The smallest absolute Gasteiger partial charge is 0.324 e. The van der Waals surface area contributed by atoms with E-state index in [4.69, 9.17) is 0 Å². The molecule has 1 N–H and O–H groups in total. The predicted molar refractivity (Wildman–Crippen MR) is 70.8 cm³/mol. The van der Waals surface area contributed by atoms with Crippen molar-refractivity contribution in [1.82, 2.24) is 25.0 Å². The second-order valence-electron chi connectivity index (χ2n) is 4.60. The maximum absolute atomic E-state index is 12.1. The fourth-order valence-electron chi connectivity index (χ4n) is 1.78. The normalized spacial score (nSPS) is 16.8. The van der Waals surface area contributed by atoms with Gasteiger partial charge in [0.05, 0.1) is 5.25 Å². The van der Waals surface area contributed by atoms with Gasteiger partial charge >= 0.3 is 6.03 Å². The molecule has 0 saturated carbocycles. The molecule has 0 bridgehead atoms. The summed E-state index contributed by atoms with van der Waals surface area (Å²) in [4.78, 5) is 24.8. The highest BCUT2D eigenvalue weighted by molar-refractivity contribution is 8.00. The first-order valence-corrected chi connectivity index (χ1v) is 7.04. The van der Waals surface area contributed by atoms with Gasteiger partial charge in [-0.25, -0.2) is 4.79 Å². The number of aromatic nitrogens is 3. The van der Waals surface area contributed by atoms with Gasteiger partial charge in [0.25, 0.3) is 0 Å². The molecule has 1 aliphatic rings. The van der Waals surface area contributed by atoms with E-state index in [9.17, 15) is 9.59 Å². The molecule has 19 heavy (non-hydrogen) atoms. The molecule has 1 fully saturated rings. The number of thioether (sulfide) groups is 1. The van der Waals surface area contributed by atoms with Crippen LogP contribution in [0.5, 0.6) is 0 Å².